The van der Waals surface area contributed by atoms with Gasteiger partial charge in [0, 0.05) is 14.1 Å². The van der Waals surface area contributed by atoms with Gasteiger partial charge < -0.3 is 4.74 Å². The lowest BCUT2D eigenvalue weighted by atomic mass is 10.1. The molecule has 0 spiro atoms. The molecule has 0 heterocycles. The largest absolute Gasteiger partial charge is 0.465 e. The highest BCUT2D eigenvalue weighted by molar-refractivity contribution is 7.89. The smallest absolute Gasteiger partial charge is 0.338 e. The van der Waals surface area contributed by atoms with Gasteiger partial charge >= 0.3 is 5.97 Å². The molecule has 0 aliphatic heterocycles. The molecule has 17 heavy (non-hydrogen) atoms. The summed E-state index contributed by atoms with van der Waals surface area (Å²) in [7, 11) is 0.601. The molecule has 0 fully saturated rings. The van der Waals surface area contributed by atoms with E-state index in [-0.39, 0.29) is 10.5 Å². The maximum atomic E-state index is 11.9. The molecule has 0 aliphatic rings. The van der Waals surface area contributed by atoms with E-state index in [1.165, 1.54) is 33.3 Å². The van der Waals surface area contributed by atoms with Crippen LogP contribution in [0.5, 0.6) is 0 Å². The molecule has 94 valence electrons. The van der Waals surface area contributed by atoms with Crippen molar-refractivity contribution in [2.45, 2.75) is 11.8 Å². The average Bonchev–Trinajstić information content (AvgIpc) is 2.28. The zero-order valence-corrected chi connectivity index (χ0v) is 11.0. The predicted molar refractivity (Wildman–Crippen MR) is 63.4 cm³/mol. The lowest BCUT2D eigenvalue weighted by Gasteiger charge is -2.12. The highest BCUT2D eigenvalue weighted by atomic mass is 32.2. The van der Waals surface area contributed by atoms with E-state index in [1.807, 2.05) is 0 Å². The summed E-state index contributed by atoms with van der Waals surface area (Å²) in [6, 6.07) is 4.39. The number of benzene rings is 1. The number of hydrogen-bond donors (Lipinski definition) is 0. The van der Waals surface area contributed by atoms with Crippen molar-refractivity contribution in [1.29, 1.82) is 0 Å². The molecule has 0 saturated heterocycles. The second-order valence-corrected chi connectivity index (χ2v) is 5.91. The Kier molecular flexibility index (Phi) is 3.90. The molecule has 0 aromatic heterocycles. The first-order valence-electron chi connectivity index (χ1n) is 4.92. The summed E-state index contributed by atoms with van der Waals surface area (Å²) in [6.45, 7) is 1.72. The fraction of sp³-hybridized carbons (Fsp3) is 0.364. The van der Waals surface area contributed by atoms with Crippen molar-refractivity contribution in [3.05, 3.63) is 29.3 Å². The summed E-state index contributed by atoms with van der Waals surface area (Å²) in [4.78, 5) is 11.5. The normalized spacial score (nSPS) is 11.6. The molecule has 0 N–H and O–H groups in total. The molecule has 1 aromatic rings. The van der Waals surface area contributed by atoms with Gasteiger partial charge in [0.15, 0.2) is 0 Å². The number of ether oxygens (including phenoxy) is 1. The Morgan fingerprint density at radius 3 is 2.35 bits per heavy atom. The third kappa shape index (κ3) is 2.65. The third-order valence-electron chi connectivity index (χ3n) is 2.39. The molecule has 0 saturated carbocycles. The first-order chi connectivity index (χ1) is 7.80. The number of aryl methyl sites for hydroxylation is 1. The fourth-order valence-electron chi connectivity index (χ4n) is 1.30. The number of rotatable bonds is 3. The van der Waals surface area contributed by atoms with E-state index >= 15 is 0 Å². The summed E-state index contributed by atoms with van der Waals surface area (Å²) in [5.41, 5.74) is 0.935. The van der Waals surface area contributed by atoms with Crippen molar-refractivity contribution in [3.63, 3.8) is 0 Å². The van der Waals surface area contributed by atoms with Crippen LogP contribution in [0, 0.1) is 6.92 Å². The number of carbonyl (C=O) groups is 1. The first-order valence-corrected chi connectivity index (χ1v) is 6.36. The van der Waals surface area contributed by atoms with Crippen molar-refractivity contribution in [1.82, 2.24) is 4.31 Å². The van der Waals surface area contributed by atoms with Crippen LogP contribution in [-0.2, 0) is 14.8 Å². The number of nitrogens with zero attached hydrogens (tertiary/aromatic N) is 1. The van der Waals surface area contributed by atoms with E-state index < -0.39 is 16.0 Å². The minimum Gasteiger partial charge on any atom is -0.465 e. The van der Waals surface area contributed by atoms with Gasteiger partial charge in [-0.25, -0.2) is 17.5 Å². The molecule has 0 amide bonds. The molecule has 0 unspecified atom stereocenters. The maximum Gasteiger partial charge on any atom is 0.338 e. The Morgan fingerprint density at radius 2 is 1.88 bits per heavy atom. The minimum atomic E-state index is -3.53. The second-order valence-electron chi connectivity index (χ2n) is 3.76. The van der Waals surface area contributed by atoms with Crippen LogP contribution in [0.1, 0.15) is 15.9 Å². The van der Waals surface area contributed by atoms with Crippen molar-refractivity contribution in [3.8, 4) is 0 Å². The van der Waals surface area contributed by atoms with Crippen LogP contribution in [0.15, 0.2) is 23.1 Å². The Bertz CT molecular complexity index is 534. The Balaban J connectivity index is 3.37. The lowest BCUT2D eigenvalue weighted by Crippen LogP contribution is -2.22. The van der Waals surface area contributed by atoms with E-state index in [4.69, 9.17) is 0 Å². The van der Waals surface area contributed by atoms with Gasteiger partial charge in [-0.2, -0.15) is 0 Å². The van der Waals surface area contributed by atoms with E-state index in [1.54, 1.807) is 13.0 Å². The molecule has 1 aromatic carbocycles. The molecule has 0 radical (unpaired) electrons. The average molecular weight is 257 g/mol. The standard InChI is InChI=1S/C11H15NO4S/c1-8-5-6-9(17(14,15)12(2)3)7-10(8)11(13)16-4/h5-7H,1-4H3. The van der Waals surface area contributed by atoms with E-state index in [2.05, 4.69) is 4.74 Å². The fourth-order valence-corrected chi connectivity index (χ4v) is 2.23. The van der Waals surface area contributed by atoms with Gasteiger partial charge in [-0.3, -0.25) is 0 Å². The van der Waals surface area contributed by atoms with Crippen molar-refractivity contribution < 1.29 is 17.9 Å². The number of methoxy groups -OCH3 is 1. The number of hydrogen-bond acceptors (Lipinski definition) is 4. The van der Waals surface area contributed by atoms with E-state index in [9.17, 15) is 13.2 Å². The quantitative estimate of drug-likeness (QED) is 0.759. The van der Waals surface area contributed by atoms with Crippen molar-refractivity contribution in [2.24, 2.45) is 0 Å². The van der Waals surface area contributed by atoms with Gasteiger partial charge in [0.1, 0.15) is 0 Å². The highest BCUT2D eigenvalue weighted by Gasteiger charge is 2.20. The Morgan fingerprint density at radius 1 is 1.29 bits per heavy atom. The monoisotopic (exact) mass is 257 g/mol. The lowest BCUT2D eigenvalue weighted by molar-refractivity contribution is 0.0599. The third-order valence-corrected chi connectivity index (χ3v) is 4.20. The van der Waals surface area contributed by atoms with Gasteiger partial charge in [0.2, 0.25) is 10.0 Å². The second kappa shape index (κ2) is 4.85. The molecule has 0 atom stereocenters. The molecule has 0 bridgehead atoms. The van der Waals surface area contributed by atoms with Gasteiger partial charge in [0.05, 0.1) is 17.6 Å². The molecule has 0 aliphatic carbocycles. The predicted octanol–water partition coefficient (Wildman–Crippen LogP) is 1.03. The van der Waals surface area contributed by atoms with Crippen LogP contribution >= 0.6 is 0 Å². The van der Waals surface area contributed by atoms with Gasteiger partial charge in [-0.1, -0.05) is 6.07 Å². The molecular formula is C11H15NO4S. The molecule has 1 rings (SSSR count). The van der Waals surface area contributed by atoms with Crippen LogP contribution in [0.3, 0.4) is 0 Å². The van der Waals surface area contributed by atoms with Crippen LogP contribution < -0.4 is 0 Å². The van der Waals surface area contributed by atoms with Crippen LogP contribution in [0.2, 0.25) is 0 Å². The van der Waals surface area contributed by atoms with E-state index in [0.29, 0.717) is 5.56 Å². The number of carbonyl (C=O) groups excluding carboxylic acids is 1. The molecule has 5 nitrogen and oxygen atoms in total. The van der Waals surface area contributed by atoms with Crippen LogP contribution in [0.25, 0.3) is 0 Å². The first kappa shape index (κ1) is 13.7. The minimum absolute atomic E-state index is 0.0773. The summed E-state index contributed by atoms with van der Waals surface area (Å²) in [5, 5.41) is 0. The molecule has 6 heteroatoms. The number of esters is 1. The summed E-state index contributed by atoms with van der Waals surface area (Å²) >= 11 is 0. The maximum absolute atomic E-state index is 11.9. The van der Waals surface area contributed by atoms with Crippen LogP contribution in [0.4, 0.5) is 0 Å². The molecular weight excluding hydrogens is 242 g/mol. The van der Waals surface area contributed by atoms with E-state index in [0.717, 1.165) is 4.31 Å². The zero-order chi connectivity index (χ0) is 13.2. The zero-order valence-electron chi connectivity index (χ0n) is 10.2. The Labute approximate surface area is 101 Å². The van der Waals surface area contributed by atoms with Gasteiger partial charge in [0.25, 0.3) is 0 Å². The van der Waals surface area contributed by atoms with Crippen molar-refractivity contribution >= 4 is 16.0 Å². The van der Waals surface area contributed by atoms with Gasteiger partial charge in [-0.15, -0.1) is 0 Å². The summed E-state index contributed by atoms with van der Waals surface area (Å²) in [5.74, 6) is -0.543. The van der Waals surface area contributed by atoms with Crippen molar-refractivity contribution in [2.75, 3.05) is 21.2 Å². The topological polar surface area (TPSA) is 63.7 Å². The summed E-state index contributed by atoms with van der Waals surface area (Å²) < 4.78 is 29.5. The summed E-state index contributed by atoms with van der Waals surface area (Å²) in [6.07, 6.45) is 0. The SMILES string of the molecule is COC(=O)c1cc(S(=O)(=O)N(C)C)ccc1C. The van der Waals surface area contributed by atoms with Gasteiger partial charge in [-0.05, 0) is 24.6 Å². The van der Waals surface area contributed by atoms with Crippen LogP contribution in [-0.4, -0.2) is 39.9 Å². The Hall–Kier alpha value is -1.40. The number of sulfonamides is 1. The highest BCUT2D eigenvalue weighted by Crippen LogP contribution is 2.18.